The standard InChI is InChI=1S/C22H21Cl2NO4S/c1-15(2)25(13-16-8-10-19(23)20(24)12-16)22(26)21-11-9-17(29-21)14-30(27,28)18-6-4-3-5-7-18/h3-12,15H,13-14H2,1-2H3. The molecule has 3 rings (SSSR count). The van der Waals surface area contributed by atoms with Crippen LogP contribution in [0.5, 0.6) is 0 Å². The highest BCUT2D eigenvalue weighted by atomic mass is 35.5. The first-order valence-corrected chi connectivity index (χ1v) is 11.7. The molecule has 1 heterocycles. The predicted octanol–water partition coefficient (Wildman–Crippen LogP) is 5.61. The average molecular weight is 466 g/mol. The van der Waals surface area contributed by atoms with Crippen molar-refractivity contribution in [1.29, 1.82) is 0 Å². The molecule has 0 unspecified atom stereocenters. The predicted molar refractivity (Wildman–Crippen MR) is 118 cm³/mol. The molecule has 0 spiro atoms. The van der Waals surface area contributed by atoms with Crippen LogP contribution in [0.15, 0.2) is 70.0 Å². The van der Waals surface area contributed by atoms with Gasteiger partial charge in [0.05, 0.1) is 14.9 Å². The fourth-order valence-corrected chi connectivity index (χ4v) is 4.52. The van der Waals surface area contributed by atoms with E-state index >= 15 is 0 Å². The van der Waals surface area contributed by atoms with Crippen LogP contribution < -0.4 is 0 Å². The van der Waals surface area contributed by atoms with Crippen LogP contribution in [0, 0.1) is 0 Å². The van der Waals surface area contributed by atoms with E-state index in [-0.39, 0.29) is 34.1 Å². The average Bonchev–Trinajstić information content (AvgIpc) is 3.16. The zero-order chi connectivity index (χ0) is 21.9. The van der Waals surface area contributed by atoms with Crippen LogP contribution in [0.2, 0.25) is 10.0 Å². The van der Waals surface area contributed by atoms with E-state index in [2.05, 4.69) is 0 Å². The van der Waals surface area contributed by atoms with Crippen molar-refractivity contribution >= 4 is 38.9 Å². The Morgan fingerprint density at radius 1 is 1.00 bits per heavy atom. The number of sulfone groups is 1. The van der Waals surface area contributed by atoms with Gasteiger partial charge in [-0.05, 0) is 55.8 Å². The number of halogens is 2. The second-order valence-corrected chi connectivity index (χ2v) is 9.92. The highest BCUT2D eigenvalue weighted by molar-refractivity contribution is 7.90. The summed E-state index contributed by atoms with van der Waals surface area (Å²) < 4.78 is 30.7. The maximum atomic E-state index is 13.0. The molecule has 0 saturated carbocycles. The van der Waals surface area contributed by atoms with Gasteiger partial charge in [0.15, 0.2) is 15.6 Å². The van der Waals surface area contributed by atoms with E-state index in [9.17, 15) is 13.2 Å². The fourth-order valence-electron chi connectivity index (χ4n) is 2.93. The summed E-state index contributed by atoms with van der Waals surface area (Å²) in [6, 6.07) is 16.2. The zero-order valence-electron chi connectivity index (χ0n) is 16.5. The fraction of sp³-hybridized carbons (Fsp3) is 0.227. The Kier molecular flexibility index (Phi) is 6.91. The van der Waals surface area contributed by atoms with Gasteiger partial charge in [-0.2, -0.15) is 0 Å². The van der Waals surface area contributed by atoms with Crippen molar-refractivity contribution in [2.75, 3.05) is 0 Å². The molecule has 0 N–H and O–H groups in total. The maximum Gasteiger partial charge on any atom is 0.290 e. The van der Waals surface area contributed by atoms with E-state index < -0.39 is 9.84 Å². The molecule has 1 amide bonds. The minimum Gasteiger partial charge on any atom is -0.455 e. The molecule has 0 aliphatic rings. The van der Waals surface area contributed by atoms with Gasteiger partial charge >= 0.3 is 0 Å². The van der Waals surface area contributed by atoms with Crippen LogP contribution in [-0.2, 0) is 22.1 Å². The van der Waals surface area contributed by atoms with Crippen molar-refractivity contribution in [3.05, 3.63) is 87.8 Å². The van der Waals surface area contributed by atoms with E-state index in [4.69, 9.17) is 27.6 Å². The molecule has 0 saturated heterocycles. The normalized spacial score (nSPS) is 11.6. The Hall–Kier alpha value is -2.28. The van der Waals surface area contributed by atoms with E-state index in [0.29, 0.717) is 16.6 Å². The van der Waals surface area contributed by atoms with Gasteiger partial charge in [0.2, 0.25) is 0 Å². The molecule has 158 valence electrons. The Bertz CT molecular complexity index is 1140. The lowest BCUT2D eigenvalue weighted by Gasteiger charge is -2.26. The first kappa shape index (κ1) is 22.4. The van der Waals surface area contributed by atoms with Crippen LogP contribution in [0.25, 0.3) is 0 Å². The molecule has 0 aliphatic heterocycles. The lowest BCUT2D eigenvalue weighted by molar-refractivity contribution is 0.0656. The largest absolute Gasteiger partial charge is 0.455 e. The van der Waals surface area contributed by atoms with Gasteiger partial charge in [-0.15, -0.1) is 0 Å². The summed E-state index contributed by atoms with van der Waals surface area (Å²) >= 11 is 12.0. The quantitative estimate of drug-likeness (QED) is 0.454. The summed E-state index contributed by atoms with van der Waals surface area (Å²) in [6.07, 6.45) is 0. The first-order valence-electron chi connectivity index (χ1n) is 9.29. The first-order chi connectivity index (χ1) is 14.2. The third kappa shape index (κ3) is 5.25. The molecule has 0 radical (unpaired) electrons. The topological polar surface area (TPSA) is 67.6 Å². The molecular weight excluding hydrogens is 445 g/mol. The molecule has 0 fully saturated rings. The minimum atomic E-state index is -3.57. The summed E-state index contributed by atoms with van der Waals surface area (Å²) in [5, 5.41) is 0.856. The second kappa shape index (κ2) is 9.25. The molecule has 8 heteroatoms. The number of carbonyl (C=O) groups excluding carboxylic acids is 1. The number of hydrogen-bond donors (Lipinski definition) is 0. The van der Waals surface area contributed by atoms with E-state index in [1.807, 2.05) is 13.8 Å². The third-order valence-electron chi connectivity index (χ3n) is 4.53. The molecule has 30 heavy (non-hydrogen) atoms. The van der Waals surface area contributed by atoms with Crippen molar-refractivity contribution in [3.8, 4) is 0 Å². The zero-order valence-corrected chi connectivity index (χ0v) is 18.8. The Morgan fingerprint density at radius 2 is 1.70 bits per heavy atom. The second-order valence-electron chi connectivity index (χ2n) is 7.11. The van der Waals surface area contributed by atoms with Crippen molar-refractivity contribution in [1.82, 2.24) is 4.90 Å². The Morgan fingerprint density at radius 3 is 2.33 bits per heavy atom. The summed E-state index contributed by atoms with van der Waals surface area (Å²) in [4.78, 5) is 14.8. The highest BCUT2D eigenvalue weighted by Gasteiger charge is 2.24. The summed E-state index contributed by atoms with van der Waals surface area (Å²) in [5.74, 6) is -0.361. The lowest BCUT2D eigenvalue weighted by atomic mass is 10.1. The molecule has 0 bridgehead atoms. The van der Waals surface area contributed by atoms with Gasteiger partial charge in [-0.1, -0.05) is 47.5 Å². The lowest BCUT2D eigenvalue weighted by Crippen LogP contribution is -2.36. The van der Waals surface area contributed by atoms with Gasteiger partial charge in [0, 0.05) is 12.6 Å². The smallest absolute Gasteiger partial charge is 0.290 e. The van der Waals surface area contributed by atoms with Crippen LogP contribution in [0.1, 0.15) is 35.7 Å². The summed E-state index contributed by atoms with van der Waals surface area (Å²) in [5.41, 5.74) is 0.824. The summed E-state index contributed by atoms with van der Waals surface area (Å²) in [6.45, 7) is 4.09. The van der Waals surface area contributed by atoms with Crippen LogP contribution in [-0.4, -0.2) is 25.3 Å². The van der Waals surface area contributed by atoms with Crippen molar-refractivity contribution in [2.24, 2.45) is 0 Å². The summed E-state index contributed by atoms with van der Waals surface area (Å²) in [7, 11) is -3.57. The molecule has 5 nitrogen and oxygen atoms in total. The molecule has 1 aromatic heterocycles. The van der Waals surface area contributed by atoms with E-state index in [0.717, 1.165) is 5.56 Å². The molecule has 0 atom stereocenters. The third-order valence-corrected chi connectivity index (χ3v) is 6.92. The van der Waals surface area contributed by atoms with Crippen molar-refractivity contribution < 1.29 is 17.6 Å². The maximum absolute atomic E-state index is 13.0. The molecule has 2 aromatic carbocycles. The molecular formula is C22H21Cl2NO4S. The number of nitrogens with zero attached hydrogens (tertiary/aromatic N) is 1. The van der Waals surface area contributed by atoms with Gasteiger partial charge < -0.3 is 9.32 Å². The number of carbonyl (C=O) groups is 1. The Balaban J connectivity index is 1.78. The van der Waals surface area contributed by atoms with Crippen LogP contribution in [0.3, 0.4) is 0 Å². The van der Waals surface area contributed by atoms with Crippen molar-refractivity contribution in [2.45, 2.75) is 37.1 Å². The molecule has 0 aliphatic carbocycles. The minimum absolute atomic E-state index is 0.0852. The number of furan rings is 1. The number of benzene rings is 2. The van der Waals surface area contributed by atoms with Crippen LogP contribution >= 0.6 is 23.2 Å². The van der Waals surface area contributed by atoms with E-state index in [1.165, 1.54) is 24.3 Å². The van der Waals surface area contributed by atoms with Gasteiger partial charge in [0.1, 0.15) is 11.5 Å². The van der Waals surface area contributed by atoms with Crippen LogP contribution in [0.4, 0.5) is 0 Å². The molecule has 3 aromatic rings. The number of amides is 1. The van der Waals surface area contributed by atoms with E-state index in [1.54, 1.807) is 41.3 Å². The van der Waals surface area contributed by atoms with Crippen molar-refractivity contribution in [3.63, 3.8) is 0 Å². The number of rotatable bonds is 7. The van der Waals surface area contributed by atoms with Gasteiger partial charge in [0.25, 0.3) is 5.91 Å². The monoisotopic (exact) mass is 465 g/mol. The SMILES string of the molecule is CC(C)N(Cc1ccc(Cl)c(Cl)c1)C(=O)c1ccc(CS(=O)(=O)c2ccccc2)o1. The van der Waals surface area contributed by atoms with Gasteiger partial charge in [-0.3, -0.25) is 4.79 Å². The van der Waals surface area contributed by atoms with Gasteiger partial charge in [-0.25, -0.2) is 8.42 Å². The Labute approximate surface area is 186 Å². The highest BCUT2D eigenvalue weighted by Crippen LogP contribution is 2.25. The number of hydrogen-bond acceptors (Lipinski definition) is 4.